The lowest BCUT2D eigenvalue weighted by atomic mass is 10.1. The Morgan fingerprint density at radius 1 is 1.00 bits per heavy atom. The van der Waals surface area contributed by atoms with Crippen LogP contribution in [0.4, 0.5) is 15.8 Å². The highest BCUT2D eigenvalue weighted by Crippen LogP contribution is 2.20. The standard InChI is InChI=1S/C25H31FN4O3/c1-3-12-30(24(32)4-2)18-23(31)27-21-8-10-22(11-9-21)28-13-15-29(16-14-28)25(33)19-6-5-7-20(26)17-19/h5-11,17H,3-4,12-16,18H2,1-2H3,(H,27,31). The summed E-state index contributed by atoms with van der Waals surface area (Å²) in [5.41, 5.74) is 2.03. The summed E-state index contributed by atoms with van der Waals surface area (Å²) in [6.45, 7) is 6.80. The van der Waals surface area contributed by atoms with Crippen LogP contribution in [0.2, 0.25) is 0 Å². The van der Waals surface area contributed by atoms with Crippen LogP contribution in [-0.4, -0.2) is 66.8 Å². The van der Waals surface area contributed by atoms with Crippen LogP contribution < -0.4 is 10.2 Å². The Hall–Kier alpha value is -3.42. The summed E-state index contributed by atoms with van der Waals surface area (Å²) in [5, 5.41) is 2.85. The van der Waals surface area contributed by atoms with Crippen molar-refractivity contribution in [3.05, 3.63) is 59.9 Å². The summed E-state index contributed by atoms with van der Waals surface area (Å²) in [4.78, 5) is 42.4. The SMILES string of the molecule is CCCN(CC(=O)Nc1ccc(N2CCN(C(=O)c3cccc(F)c3)CC2)cc1)C(=O)CC. The van der Waals surface area contributed by atoms with Gasteiger partial charge in [-0.2, -0.15) is 0 Å². The summed E-state index contributed by atoms with van der Waals surface area (Å²) in [5.74, 6) is -0.826. The van der Waals surface area contributed by atoms with Crippen molar-refractivity contribution in [3.63, 3.8) is 0 Å². The summed E-state index contributed by atoms with van der Waals surface area (Å²) in [6, 6.07) is 13.3. The highest BCUT2D eigenvalue weighted by atomic mass is 19.1. The van der Waals surface area contributed by atoms with Crippen molar-refractivity contribution in [3.8, 4) is 0 Å². The smallest absolute Gasteiger partial charge is 0.254 e. The number of rotatable bonds is 8. The lowest BCUT2D eigenvalue weighted by molar-refractivity contribution is -0.134. The number of nitrogens with zero attached hydrogens (tertiary/aromatic N) is 3. The molecule has 1 fully saturated rings. The first kappa shape index (κ1) is 24.2. The minimum absolute atomic E-state index is 0.0302. The number of piperazine rings is 1. The molecule has 1 N–H and O–H groups in total. The molecule has 1 aliphatic heterocycles. The van der Waals surface area contributed by atoms with E-state index in [-0.39, 0.29) is 24.3 Å². The predicted octanol–water partition coefficient (Wildman–Crippen LogP) is 3.38. The molecule has 0 bridgehead atoms. The van der Waals surface area contributed by atoms with E-state index in [9.17, 15) is 18.8 Å². The number of benzene rings is 2. The molecule has 176 valence electrons. The van der Waals surface area contributed by atoms with Crippen molar-refractivity contribution in [2.75, 3.05) is 49.5 Å². The number of hydrogen-bond donors (Lipinski definition) is 1. The second-order valence-corrected chi connectivity index (χ2v) is 8.05. The molecule has 0 saturated carbocycles. The van der Waals surface area contributed by atoms with E-state index in [0.29, 0.717) is 50.4 Å². The van der Waals surface area contributed by atoms with Gasteiger partial charge < -0.3 is 20.0 Å². The van der Waals surface area contributed by atoms with Gasteiger partial charge in [0.1, 0.15) is 5.82 Å². The first-order valence-corrected chi connectivity index (χ1v) is 11.4. The van der Waals surface area contributed by atoms with Crippen LogP contribution in [-0.2, 0) is 9.59 Å². The fourth-order valence-corrected chi connectivity index (χ4v) is 3.89. The zero-order valence-electron chi connectivity index (χ0n) is 19.2. The molecule has 8 heteroatoms. The monoisotopic (exact) mass is 454 g/mol. The first-order chi connectivity index (χ1) is 15.9. The Labute approximate surface area is 194 Å². The second kappa shape index (κ2) is 11.4. The van der Waals surface area contributed by atoms with Crippen molar-refractivity contribution in [2.45, 2.75) is 26.7 Å². The molecule has 33 heavy (non-hydrogen) atoms. The summed E-state index contributed by atoms with van der Waals surface area (Å²) in [7, 11) is 0. The third kappa shape index (κ3) is 6.54. The van der Waals surface area contributed by atoms with E-state index in [2.05, 4.69) is 10.2 Å². The molecule has 7 nitrogen and oxygen atoms in total. The number of anilines is 2. The van der Waals surface area contributed by atoms with Crippen LogP contribution in [0.5, 0.6) is 0 Å². The molecule has 0 radical (unpaired) electrons. The maximum atomic E-state index is 13.4. The molecular weight excluding hydrogens is 423 g/mol. The van der Waals surface area contributed by atoms with Crippen LogP contribution >= 0.6 is 0 Å². The number of nitrogens with one attached hydrogen (secondary N) is 1. The number of hydrogen-bond acceptors (Lipinski definition) is 4. The zero-order valence-corrected chi connectivity index (χ0v) is 19.2. The Balaban J connectivity index is 1.52. The molecule has 0 spiro atoms. The summed E-state index contributed by atoms with van der Waals surface area (Å²) < 4.78 is 13.4. The highest BCUT2D eigenvalue weighted by molar-refractivity contribution is 5.95. The van der Waals surface area contributed by atoms with Gasteiger partial charge in [0.15, 0.2) is 0 Å². The normalized spacial score (nSPS) is 13.5. The van der Waals surface area contributed by atoms with Crippen LogP contribution in [0.3, 0.4) is 0 Å². The van der Waals surface area contributed by atoms with Gasteiger partial charge >= 0.3 is 0 Å². The van der Waals surface area contributed by atoms with E-state index in [4.69, 9.17) is 0 Å². The van der Waals surface area contributed by atoms with E-state index < -0.39 is 5.82 Å². The summed E-state index contributed by atoms with van der Waals surface area (Å²) in [6.07, 6.45) is 1.18. The van der Waals surface area contributed by atoms with Gasteiger partial charge in [0, 0.05) is 56.1 Å². The van der Waals surface area contributed by atoms with Crippen molar-refractivity contribution < 1.29 is 18.8 Å². The van der Waals surface area contributed by atoms with E-state index in [1.165, 1.54) is 12.1 Å². The van der Waals surface area contributed by atoms with Gasteiger partial charge in [-0.15, -0.1) is 0 Å². The Morgan fingerprint density at radius 2 is 1.70 bits per heavy atom. The molecule has 1 aliphatic rings. The van der Waals surface area contributed by atoms with Crippen LogP contribution in [0.25, 0.3) is 0 Å². The van der Waals surface area contributed by atoms with Gasteiger partial charge in [-0.3, -0.25) is 14.4 Å². The van der Waals surface area contributed by atoms with Crippen molar-refractivity contribution in [1.82, 2.24) is 9.80 Å². The summed E-state index contributed by atoms with van der Waals surface area (Å²) >= 11 is 0. The second-order valence-electron chi connectivity index (χ2n) is 8.05. The number of carbonyl (C=O) groups excluding carboxylic acids is 3. The third-order valence-electron chi connectivity index (χ3n) is 5.64. The molecule has 1 saturated heterocycles. The van der Waals surface area contributed by atoms with E-state index in [1.54, 1.807) is 28.9 Å². The van der Waals surface area contributed by atoms with Gasteiger partial charge in [-0.25, -0.2) is 4.39 Å². The van der Waals surface area contributed by atoms with Crippen molar-refractivity contribution in [1.29, 1.82) is 0 Å². The quantitative estimate of drug-likeness (QED) is 0.664. The zero-order chi connectivity index (χ0) is 23.8. The molecule has 3 amide bonds. The lowest BCUT2D eigenvalue weighted by Gasteiger charge is -2.36. The Morgan fingerprint density at radius 3 is 2.30 bits per heavy atom. The maximum absolute atomic E-state index is 13.4. The number of halogens is 1. The molecule has 1 heterocycles. The fourth-order valence-electron chi connectivity index (χ4n) is 3.89. The lowest BCUT2D eigenvalue weighted by Crippen LogP contribution is -2.48. The van der Waals surface area contributed by atoms with Crippen molar-refractivity contribution >= 4 is 29.1 Å². The van der Waals surface area contributed by atoms with Crippen LogP contribution in [0, 0.1) is 5.82 Å². The fraction of sp³-hybridized carbons (Fsp3) is 0.400. The highest BCUT2D eigenvalue weighted by Gasteiger charge is 2.22. The third-order valence-corrected chi connectivity index (χ3v) is 5.64. The van der Waals surface area contributed by atoms with Gasteiger partial charge in [0.05, 0.1) is 6.54 Å². The van der Waals surface area contributed by atoms with Crippen molar-refractivity contribution in [2.24, 2.45) is 0 Å². The minimum atomic E-state index is -0.415. The van der Waals surface area contributed by atoms with Gasteiger partial charge in [0.2, 0.25) is 11.8 Å². The van der Waals surface area contributed by atoms with Gasteiger partial charge in [0.25, 0.3) is 5.91 Å². The molecule has 0 aromatic heterocycles. The first-order valence-electron chi connectivity index (χ1n) is 11.4. The molecule has 0 atom stereocenters. The Bertz CT molecular complexity index is 972. The molecule has 2 aromatic rings. The number of amides is 3. The maximum Gasteiger partial charge on any atom is 0.254 e. The minimum Gasteiger partial charge on any atom is -0.368 e. The molecular formula is C25H31FN4O3. The van der Waals surface area contributed by atoms with E-state index in [0.717, 1.165) is 12.1 Å². The van der Waals surface area contributed by atoms with Crippen LogP contribution in [0.1, 0.15) is 37.0 Å². The molecule has 0 aliphatic carbocycles. The average molecular weight is 455 g/mol. The molecule has 0 unspecified atom stereocenters. The van der Waals surface area contributed by atoms with Gasteiger partial charge in [-0.05, 0) is 48.9 Å². The Kier molecular flexibility index (Phi) is 8.40. The molecule has 3 rings (SSSR count). The molecule has 2 aromatic carbocycles. The van der Waals surface area contributed by atoms with E-state index >= 15 is 0 Å². The van der Waals surface area contributed by atoms with E-state index in [1.807, 2.05) is 31.2 Å². The van der Waals surface area contributed by atoms with Crippen LogP contribution in [0.15, 0.2) is 48.5 Å². The average Bonchev–Trinajstić information content (AvgIpc) is 2.83. The largest absolute Gasteiger partial charge is 0.368 e. The van der Waals surface area contributed by atoms with Gasteiger partial charge in [-0.1, -0.05) is 19.9 Å². The topological polar surface area (TPSA) is 73.0 Å². The predicted molar refractivity (Wildman–Crippen MR) is 127 cm³/mol. The number of carbonyl (C=O) groups is 3.